The van der Waals surface area contributed by atoms with Crippen molar-refractivity contribution in [3.8, 4) is 0 Å². The Labute approximate surface area is 33.9 Å². The molecule has 0 bridgehead atoms. The maximum atomic E-state index is 2.45. The molecule has 0 atom stereocenters. The van der Waals surface area contributed by atoms with E-state index in [-0.39, 0.29) is 5.48 Å². The number of rotatable bonds is 0. The van der Waals surface area contributed by atoms with Crippen LogP contribution in [0.2, 0.25) is 0 Å². The Bertz CT molecular complexity index is 13.5. The second-order valence-corrected chi connectivity index (χ2v) is 1.00. The van der Waals surface area contributed by atoms with Gasteiger partial charge < -0.3 is 5.48 Å². The molecule has 0 spiro atoms. The van der Waals surface area contributed by atoms with E-state index < -0.39 is 0 Å². The fraction of sp³-hybridized carbons (Fsp3) is 0.500. The van der Waals surface area contributed by atoms with Crippen LogP contribution in [0.5, 0.6) is 0 Å². The van der Waals surface area contributed by atoms with Crippen LogP contribution in [-0.2, 0) is 0 Å². The molecule has 0 rings (SSSR count). The van der Waals surface area contributed by atoms with Gasteiger partial charge in [-0.05, 0) is 0 Å². The monoisotopic (exact) mass is 73.0 g/mol. The van der Waals surface area contributed by atoms with Gasteiger partial charge in [0.2, 0.25) is 0 Å². The predicted molar refractivity (Wildman–Crippen MR) is 21.1 cm³/mol. The molecule has 0 heterocycles. The maximum Gasteiger partial charge on any atom is -0.412 e. The molecule has 1 nitrogen and oxygen atoms in total. The van der Waals surface area contributed by atoms with E-state index in [1.165, 1.54) is 0 Å². The normalized spacial score (nSPS) is 3.00. The standard InChI is InChI=1S/C2H4.Al.H2O/c1-2;;/h1H,2H3;;1H2. The average molecular weight is 73.1 g/mol. The Hall–Kier alpha value is 0.362. The Morgan fingerprint density at radius 3 is 1.75 bits per heavy atom. The van der Waals surface area contributed by atoms with Crippen LogP contribution >= 0.6 is 0 Å². The molecule has 0 aromatic carbocycles. The van der Waals surface area contributed by atoms with Crippen molar-refractivity contribution < 1.29 is 5.48 Å². The van der Waals surface area contributed by atoms with Crippen molar-refractivity contribution in [1.29, 1.82) is 0 Å². The Morgan fingerprint density at radius 2 is 1.75 bits per heavy atom. The van der Waals surface area contributed by atoms with Crippen LogP contribution in [0.15, 0.2) is 0 Å². The number of hydrogen-bond donors (Lipinski definition) is 0. The van der Waals surface area contributed by atoms with Gasteiger partial charge in [-0.2, -0.15) is 0 Å². The Kier molecular flexibility index (Phi) is 22.3. The minimum atomic E-state index is 0. The molecule has 1 radical (unpaired) electrons. The molecule has 0 fully saturated rings. The largest absolute Gasteiger partial charge is 0.412 e. The van der Waals surface area contributed by atoms with Crippen LogP contribution in [0.25, 0.3) is 0 Å². The van der Waals surface area contributed by atoms with Gasteiger partial charge in [-0.3, -0.25) is 0 Å². The smallest absolute Gasteiger partial charge is 0.412 e. The first-order chi connectivity index (χ1) is 1.41. The molecule has 0 aliphatic heterocycles. The van der Waals surface area contributed by atoms with Crippen LogP contribution in [-0.4, -0.2) is 26.2 Å². The van der Waals surface area contributed by atoms with Crippen LogP contribution < -0.4 is 0 Å². The fourth-order valence-corrected chi connectivity index (χ4v) is 0. The van der Waals surface area contributed by atoms with Crippen LogP contribution in [0.3, 0.4) is 0 Å². The summed E-state index contributed by atoms with van der Waals surface area (Å²) in [6.07, 6.45) is 0. The molecular formula is C2H6AlO. The molecule has 23 valence electrons. The van der Waals surface area contributed by atoms with Gasteiger partial charge in [0, 0.05) is 0 Å². The number of hydrogen-bond acceptors (Lipinski definition) is 0. The summed E-state index contributed by atoms with van der Waals surface area (Å²) in [5.74, 6) is 0. The molecule has 0 saturated heterocycles. The average Bonchev–Trinajstić information content (AvgIpc) is 0.918. The minimum absolute atomic E-state index is 0. The molecule has 0 aromatic heterocycles. The van der Waals surface area contributed by atoms with Gasteiger partial charge in [0.05, 0.1) is 0 Å². The third kappa shape index (κ3) is 33.4. The zero-order valence-corrected chi connectivity index (χ0v) is 3.81. The maximum absolute atomic E-state index is 2.45. The van der Waals surface area contributed by atoms with Crippen molar-refractivity contribution in [3.05, 3.63) is 0 Å². The Morgan fingerprint density at radius 1 is 1.75 bits per heavy atom. The van der Waals surface area contributed by atoms with E-state index in [0.717, 1.165) is 0 Å². The van der Waals surface area contributed by atoms with Crippen molar-refractivity contribution in [2.45, 2.75) is 6.92 Å². The van der Waals surface area contributed by atoms with Crippen LogP contribution in [0.4, 0.5) is 0 Å². The van der Waals surface area contributed by atoms with Gasteiger partial charge in [0.1, 0.15) is 0 Å². The van der Waals surface area contributed by atoms with E-state index in [2.05, 4.69) is 15.9 Å². The molecule has 4 heavy (non-hydrogen) atoms. The topological polar surface area (TPSA) is 31.5 Å². The van der Waals surface area contributed by atoms with Gasteiger partial charge in [-0.1, -0.05) is 0 Å². The third-order valence-electron chi connectivity index (χ3n) is 0. The molecule has 0 saturated carbocycles. The second kappa shape index (κ2) is 10.1. The van der Waals surface area contributed by atoms with E-state index >= 15 is 0 Å². The predicted octanol–water partition coefficient (Wildman–Crippen LogP) is -0.848. The van der Waals surface area contributed by atoms with Crippen molar-refractivity contribution in [2.24, 2.45) is 0 Å². The minimum Gasteiger partial charge on any atom is -0.412 e. The van der Waals surface area contributed by atoms with Gasteiger partial charge >= 0.3 is 27.7 Å². The molecule has 0 aliphatic carbocycles. The molecule has 0 unspecified atom stereocenters. The summed E-state index contributed by atoms with van der Waals surface area (Å²) >= 11 is 2.45. The van der Waals surface area contributed by atoms with Gasteiger partial charge in [-0.25, -0.2) is 0 Å². The van der Waals surface area contributed by atoms with Crippen molar-refractivity contribution in [2.75, 3.05) is 0 Å². The SMILES string of the molecule is C[CH]=[Al].O. The van der Waals surface area contributed by atoms with Gasteiger partial charge in [0.15, 0.2) is 0 Å². The van der Waals surface area contributed by atoms with E-state index in [9.17, 15) is 0 Å². The second-order valence-electron chi connectivity index (χ2n) is 0.333. The summed E-state index contributed by atoms with van der Waals surface area (Å²) < 4.78 is 0. The summed E-state index contributed by atoms with van der Waals surface area (Å²) in [5.41, 5.74) is 0. The van der Waals surface area contributed by atoms with E-state index in [0.29, 0.717) is 0 Å². The summed E-state index contributed by atoms with van der Waals surface area (Å²) in [4.78, 5) is 1.92. The third-order valence-corrected chi connectivity index (χ3v) is 0. The molecule has 0 aliphatic rings. The van der Waals surface area contributed by atoms with Crippen LogP contribution in [0, 0.1) is 0 Å². The van der Waals surface area contributed by atoms with Crippen molar-refractivity contribution in [3.63, 3.8) is 0 Å². The van der Waals surface area contributed by atoms with Gasteiger partial charge in [0.25, 0.3) is 0 Å². The fourth-order valence-electron chi connectivity index (χ4n) is 0. The van der Waals surface area contributed by atoms with Gasteiger partial charge in [-0.15, -0.1) is 0 Å². The quantitative estimate of drug-likeness (QED) is 0.334. The first kappa shape index (κ1) is 8.84. The molecule has 2 N–H and O–H groups in total. The molecular weight excluding hydrogens is 67.0 g/mol. The molecule has 0 aromatic rings. The molecule has 0 amide bonds. The van der Waals surface area contributed by atoms with E-state index in [4.69, 9.17) is 0 Å². The zero-order chi connectivity index (χ0) is 2.71. The summed E-state index contributed by atoms with van der Waals surface area (Å²) in [6.45, 7) is 1.96. The van der Waals surface area contributed by atoms with Crippen molar-refractivity contribution in [1.82, 2.24) is 0 Å². The zero-order valence-electron chi connectivity index (χ0n) is 2.65. The Balaban J connectivity index is 0. The van der Waals surface area contributed by atoms with E-state index in [1.807, 2.05) is 11.8 Å². The molecule has 2 heteroatoms. The van der Waals surface area contributed by atoms with E-state index in [1.54, 1.807) is 0 Å². The first-order valence-corrected chi connectivity index (χ1v) is 1.58. The first-order valence-electron chi connectivity index (χ1n) is 0.911. The summed E-state index contributed by atoms with van der Waals surface area (Å²) in [6, 6.07) is 0. The summed E-state index contributed by atoms with van der Waals surface area (Å²) in [7, 11) is 0. The van der Waals surface area contributed by atoms with Crippen molar-refractivity contribution >= 4 is 20.7 Å². The van der Waals surface area contributed by atoms with Crippen LogP contribution in [0.1, 0.15) is 6.92 Å². The summed E-state index contributed by atoms with van der Waals surface area (Å²) in [5, 5.41) is 0.